The van der Waals surface area contributed by atoms with E-state index in [2.05, 4.69) is 20.3 Å². The number of hydrogen-bond acceptors (Lipinski definition) is 3. The number of nitrogens with one attached hydrogen (secondary N) is 2. The molecular formula is C19H12F2N4O. The van der Waals surface area contributed by atoms with E-state index < -0.39 is 17.5 Å². The molecule has 4 aromatic rings. The fourth-order valence-corrected chi connectivity index (χ4v) is 2.65. The summed E-state index contributed by atoms with van der Waals surface area (Å²) in [5.74, 6) is -2.42. The van der Waals surface area contributed by atoms with Gasteiger partial charge in [-0.2, -0.15) is 0 Å². The van der Waals surface area contributed by atoms with Crippen molar-refractivity contribution in [3.05, 3.63) is 78.4 Å². The first-order valence-corrected chi connectivity index (χ1v) is 7.77. The highest BCUT2D eigenvalue weighted by atomic mass is 19.2. The van der Waals surface area contributed by atoms with Gasteiger partial charge in [0.15, 0.2) is 11.6 Å². The number of amides is 1. The van der Waals surface area contributed by atoms with Crippen molar-refractivity contribution in [2.24, 2.45) is 0 Å². The number of aromatic nitrogens is 3. The van der Waals surface area contributed by atoms with Crippen molar-refractivity contribution in [3.63, 3.8) is 0 Å². The quantitative estimate of drug-likeness (QED) is 0.583. The fraction of sp³-hybridized carbons (Fsp3) is 0. The van der Waals surface area contributed by atoms with Crippen molar-refractivity contribution < 1.29 is 13.6 Å². The Balaban J connectivity index is 1.64. The summed E-state index contributed by atoms with van der Waals surface area (Å²) in [6.07, 6.45) is 2.78. The Morgan fingerprint density at radius 2 is 1.77 bits per heavy atom. The van der Waals surface area contributed by atoms with Crippen LogP contribution in [0.4, 0.5) is 14.5 Å². The van der Waals surface area contributed by atoms with Crippen LogP contribution in [-0.4, -0.2) is 20.9 Å². The molecule has 0 aliphatic carbocycles. The average molecular weight is 350 g/mol. The average Bonchev–Trinajstić information content (AvgIpc) is 3.04. The summed E-state index contributed by atoms with van der Waals surface area (Å²) in [7, 11) is 0. The van der Waals surface area contributed by atoms with E-state index in [1.807, 2.05) is 30.3 Å². The molecule has 128 valence electrons. The van der Waals surface area contributed by atoms with E-state index in [9.17, 15) is 13.6 Å². The number of aromatic amines is 1. The van der Waals surface area contributed by atoms with Gasteiger partial charge >= 0.3 is 0 Å². The van der Waals surface area contributed by atoms with Gasteiger partial charge in [-0.25, -0.2) is 18.7 Å². The number of fused-ring (bicyclic) bond motifs is 1. The Hall–Kier alpha value is -3.61. The molecule has 7 heteroatoms. The van der Waals surface area contributed by atoms with Gasteiger partial charge in [-0.3, -0.25) is 4.79 Å². The predicted molar refractivity (Wildman–Crippen MR) is 93.6 cm³/mol. The van der Waals surface area contributed by atoms with E-state index in [4.69, 9.17) is 0 Å². The number of carbonyl (C=O) groups excluding carboxylic acids is 1. The molecular weight excluding hydrogens is 338 g/mol. The van der Waals surface area contributed by atoms with E-state index in [0.717, 1.165) is 17.7 Å². The second-order valence-corrected chi connectivity index (χ2v) is 5.62. The standard InChI is InChI=1S/C19H12F2N4O/c20-13-6-12-16(7-14(13)21)22-9-18(12)25-19(26)17-8-15(23-10-24-17)11-4-2-1-3-5-11/h1-10,22H,(H,25,26). The molecule has 2 heterocycles. The third-order valence-electron chi connectivity index (χ3n) is 3.94. The van der Waals surface area contributed by atoms with E-state index in [1.165, 1.54) is 12.5 Å². The third kappa shape index (κ3) is 2.90. The van der Waals surface area contributed by atoms with Crippen LogP contribution in [-0.2, 0) is 0 Å². The number of hydrogen-bond donors (Lipinski definition) is 2. The number of halogens is 2. The van der Waals surface area contributed by atoms with Crippen LogP contribution in [0.25, 0.3) is 22.2 Å². The first-order valence-electron chi connectivity index (χ1n) is 7.77. The van der Waals surface area contributed by atoms with E-state index >= 15 is 0 Å². The maximum atomic E-state index is 13.5. The zero-order chi connectivity index (χ0) is 18.1. The summed E-state index contributed by atoms with van der Waals surface area (Å²) in [6.45, 7) is 0. The minimum atomic E-state index is -0.985. The Labute approximate surface area is 146 Å². The van der Waals surface area contributed by atoms with Gasteiger partial charge in [0.2, 0.25) is 0 Å². The minimum Gasteiger partial charge on any atom is -0.359 e. The van der Waals surface area contributed by atoms with Crippen molar-refractivity contribution >= 4 is 22.5 Å². The monoisotopic (exact) mass is 350 g/mol. The van der Waals surface area contributed by atoms with Crippen molar-refractivity contribution in [2.75, 3.05) is 5.32 Å². The molecule has 2 aromatic carbocycles. The molecule has 26 heavy (non-hydrogen) atoms. The largest absolute Gasteiger partial charge is 0.359 e. The minimum absolute atomic E-state index is 0.163. The number of benzene rings is 2. The summed E-state index contributed by atoms with van der Waals surface area (Å²) in [6, 6.07) is 13.0. The number of carbonyl (C=O) groups is 1. The maximum Gasteiger partial charge on any atom is 0.274 e. The first-order chi connectivity index (χ1) is 12.6. The molecule has 2 aromatic heterocycles. The number of rotatable bonds is 3. The van der Waals surface area contributed by atoms with E-state index in [1.54, 1.807) is 6.07 Å². The topological polar surface area (TPSA) is 70.7 Å². The molecule has 0 aliphatic rings. The second kappa shape index (κ2) is 6.36. The molecule has 1 amide bonds. The highest BCUT2D eigenvalue weighted by Crippen LogP contribution is 2.26. The Kier molecular flexibility index (Phi) is 3.89. The van der Waals surface area contributed by atoms with Crippen LogP contribution < -0.4 is 5.32 Å². The van der Waals surface area contributed by atoms with Crippen molar-refractivity contribution in [2.45, 2.75) is 0 Å². The molecule has 5 nitrogen and oxygen atoms in total. The highest BCUT2D eigenvalue weighted by molar-refractivity contribution is 6.08. The molecule has 0 saturated carbocycles. The summed E-state index contributed by atoms with van der Waals surface area (Å²) < 4.78 is 26.8. The van der Waals surface area contributed by atoms with Gasteiger partial charge in [0.05, 0.1) is 16.9 Å². The van der Waals surface area contributed by atoms with Crippen molar-refractivity contribution in [1.29, 1.82) is 0 Å². The molecule has 0 saturated heterocycles. The van der Waals surface area contributed by atoms with Gasteiger partial charge in [0, 0.05) is 23.2 Å². The lowest BCUT2D eigenvalue weighted by Gasteiger charge is -2.05. The number of H-pyrrole nitrogens is 1. The lowest BCUT2D eigenvalue weighted by atomic mass is 10.1. The smallest absolute Gasteiger partial charge is 0.274 e. The third-order valence-corrected chi connectivity index (χ3v) is 3.94. The first kappa shape index (κ1) is 15.9. The summed E-state index contributed by atoms with van der Waals surface area (Å²) in [4.78, 5) is 23.5. The van der Waals surface area contributed by atoms with Crippen LogP contribution in [0.2, 0.25) is 0 Å². The molecule has 0 bridgehead atoms. The van der Waals surface area contributed by atoms with Crippen LogP contribution in [0.3, 0.4) is 0 Å². The number of anilines is 1. The molecule has 2 N–H and O–H groups in total. The lowest BCUT2D eigenvalue weighted by molar-refractivity contribution is 0.102. The normalized spacial score (nSPS) is 10.8. The number of nitrogens with zero attached hydrogens (tertiary/aromatic N) is 2. The van der Waals surface area contributed by atoms with E-state index in [0.29, 0.717) is 22.3 Å². The SMILES string of the molecule is O=C(Nc1c[nH]c2cc(F)c(F)cc12)c1cc(-c2ccccc2)ncn1. The Morgan fingerprint density at radius 3 is 2.58 bits per heavy atom. The van der Waals surface area contributed by atoms with Crippen LogP contribution in [0, 0.1) is 11.6 Å². The van der Waals surface area contributed by atoms with Gasteiger partial charge in [-0.05, 0) is 12.1 Å². The van der Waals surface area contributed by atoms with Crippen LogP contribution >= 0.6 is 0 Å². The maximum absolute atomic E-state index is 13.5. The van der Waals surface area contributed by atoms with Crippen LogP contribution in [0.5, 0.6) is 0 Å². The predicted octanol–water partition coefficient (Wildman–Crippen LogP) is 4.16. The molecule has 0 atom stereocenters. The summed E-state index contributed by atoms with van der Waals surface area (Å²) in [5.41, 5.74) is 2.35. The van der Waals surface area contributed by atoms with Gasteiger partial charge in [-0.1, -0.05) is 30.3 Å². The van der Waals surface area contributed by atoms with Crippen LogP contribution in [0.1, 0.15) is 10.5 Å². The summed E-state index contributed by atoms with van der Waals surface area (Å²) >= 11 is 0. The van der Waals surface area contributed by atoms with Crippen LogP contribution in [0.15, 0.2) is 61.1 Å². The lowest BCUT2D eigenvalue weighted by Crippen LogP contribution is -2.13. The second-order valence-electron chi connectivity index (χ2n) is 5.62. The Morgan fingerprint density at radius 1 is 1.00 bits per heavy atom. The molecule has 0 unspecified atom stereocenters. The van der Waals surface area contributed by atoms with Gasteiger partial charge in [0.1, 0.15) is 12.0 Å². The zero-order valence-corrected chi connectivity index (χ0v) is 13.3. The van der Waals surface area contributed by atoms with Crippen molar-refractivity contribution in [3.8, 4) is 11.3 Å². The Bertz CT molecular complexity index is 1110. The molecule has 0 radical (unpaired) electrons. The summed E-state index contributed by atoms with van der Waals surface area (Å²) in [5, 5.41) is 3.03. The van der Waals surface area contributed by atoms with E-state index in [-0.39, 0.29) is 5.69 Å². The van der Waals surface area contributed by atoms with Crippen molar-refractivity contribution in [1.82, 2.24) is 15.0 Å². The highest BCUT2D eigenvalue weighted by Gasteiger charge is 2.14. The fourth-order valence-electron chi connectivity index (χ4n) is 2.65. The zero-order valence-electron chi connectivity index (χ0n) is 13.3. The molecule has 0 spiro atoms. The van der Waals surface area contributed by atoms with Gasteiger partial charge < -0.3 is 10.3 Å². The molecule has 0 fully saturated rings. The molecule has 4 rings (SSSR count). The van der Waals surface area contributed by atoms with Gasteiger partial charge in [0.25, 0.3) is 5.91 Å². The molecule has 0 aliphatic heterocycles. The van der Waals surface area contributed by atoms with Gasteiger partial charge in [-0.15, -0.1) is 0 Å².